The molecule has 3 aliphatic rings. The number of hydrogen-bond donors (Lipinski definition) is 2. The van der Waals surface area contributed by atoms with Gasteiger partial charge in [-0.05, 0) is 68.1 Å². The van der Waals surface area contributed by atoms with Gasteiger partial charge in [0.1, 0.15) is 0 Å². The van der Waals surface area contributed by atoms with E-state index in [9.17, 15) is 4.79 Å². The molecule has 0 radical (unpaired) electrons. The molecule has 2 aliphatic heterocycles. The van der Waals surface area contributed by atoms with Gasteiger partial charge in [-0.25, -0.2) is 0 Å². The summed E-state index contributed by atoms with van der Waals surface area (Å²) in [4.78, 5) is 17.4. The van der Waals surface area contributed by atoms with Crippen molar-refractivity contribution in [2.45, 2.75) is 51.7 Å². The van der Waals surface area contributed by atoms with Crippen molar-refractivity contribution in [1.82, 2.24) is 5.32 Å². The predicted molar refractivity (Wildman–Crippen MR) is 132 cm³/mol. The second-order valence-corrected chi connectivity index (χ2v) is 9.93. The molecular weight excluding hydrogens is 410 g/mol. The summed E-state index contributed by atoms with van der Waals surface area (Å²) in [6.45, 7) is 9.14. The Kier molecular flexibility index (Phi) is 5.76. The largest absolute Gasteiger partial charge is 0.378 e. The van der Waals surface area contributed by atoms with Crippen molar-refractivity contribution >= 4 is 23.0 Å². The highest BCUT2D eigenvalue weighted by Crippen LogP contribution is 2.50. The highest BCUT2D eigenvalue weighted by Gasteiger charge is 2.47. The molecule has 6 heteroatoms. The second kappa shape index (κ2) is 8.72. The average molecular weight is 444 g/mol. The number of nitrogens with zero attached hydrogens (tertiary/aromatic N) is 3. The van der Waals surface area contributed by atoms with Gasteiger partial charge in [0.2, 0.25) is 5.91 Å². The van der Waals surface area contributed by atoms with Crippen molar-refractivity contribution < 1.29 is 4.79 Å². The molecule has 0 aromatic heterocycles. The Labute approximate surface area is 196 Å². The molecule has 33 heavy (non-hydrogen) atoms. The lowest BCUT2D eigenvalue weighted by Crippen LogP contribution is -2.51. The van der Waals surface area contributed by atoms with Gasteiger partial charge in [0.25, 0.3) is 0 Å². The molecule has 2 aromatic carbocycles. The fourth-order valence-electron chi connectivity index (χ4n) is 5.74. The number of hydrogen-bond acceptors (Lipinski definition) is 5. The van der Waals surface area contributed by atoms with E-state index < -0.39 is 0 Å². The molecule has 1 saturated carbocycles. The number of nitriles is 1. The van der Waals surface area contributed by atoms with E-state index in [1.54, 1.807) is 6.92 Å². The van der Waals surface area contributed by atoms with Crippen LogP contribution in [0.3, 0.4) is 0 Å². The van der Waals surface area contributed by atoms with Gasteiger partial charge in [0.05, 0.1) is 17.7 Å². The van der Waals surface area contributed by atoms with Crippen LogP contribution in [0.5, 0.6) is 0 Å². The van der Waals surface area contributed by atoms with E-state index in [0.29, 0.717) is 17.5 Å². The molecule has 2 aromatic rings. The van der Waals surface area contributed by atoms with Gasteiger partial charge < -0.3 is 20.4 Å². The summed E-state index contributed by atoms with van der Waals surface area (Å²) in [6.07, 6.45) is 2.38. The molecule has 0 unspecified atom stereocenters. The molecule has 5 rings (SSSR count). The lowest BCUT2D eigenvalue weighted by atomic mass is 9.79. The van der Waals surface area contributed by atoms with E-state index in [0.717, 1.165) is 31.0 Å². The third kappa shape index (κ3) is 4.18. The number of fused-ring (bicyclic) bond motifs is 1. The van der Waals surface area contributed by atoms with Crippen LogP contribution in [-0.4, -0.2) is 37.6 Å². The maximum absolute atomic E-state index is 12.9. The van der Waals surface area contributed by atoms with E-state index in [2.05, 4.69) is 58.5 Å². The fourth-order valence-corrected chi connectivity index (χ4v) is 5.74. The first kappa shape index (κ1) is 21.8. The minimum absolute atomic E-state index is 0.0921. The quantitative estimate of drug-likeness (QED) is 0.738. The van der Waals surface area contributed by atoms with Crippen LogP contribution in [0.2, 0.25) is 0 Å². The summed E-state index contributed by atoms with van der Waals surface area (Å²) in [6, 6.07) is 17.3. The van der Waals surface area contributed by atoms with Crippen LogP contribution >= 0.6 is 0 Å². The lowest BCUT2D eigenvalue weighted by molar-refractivity contribution is -0.117. The Morgan fingerprint density at radius 2 is 1.91 bits per heavy atom. The van der Waals surface area contributed by atoms with Crippen molar-refractivity contribution in [2.24, 2.45) is 11.8 Å². The van der Waals surface area contributed by atoms with Crippen LogP contribution in [-0.2, 0) is 4.79 Å². The molecule has 2 N–H and O–H groups in total. The van der Waals surface area contributed by atoms with Crippen molar-refractivity contribution in [3.63, 3.8) is 0 Å². The fraction of sp³-hybridized carbons (Fsp3) is 0.481. The molecule has 172 valence electrons. The molecule has 0 bridgehead atoms. The van der Waals surface area contributed by atoms with Gasteiger partial charge in [0.15, 0.2) is 0 Å². The first-order valence-corrected chi connectivity index (χ1v) is 12.1. The SMILES string of the molecule is CC(=O)N1c2ccc(N3CCN[C@H](C)C3)cc2[C@H](Nc2ccc(C#N)cc2)[C@@H](C)[C@@H]1C1CC1. The van der Waals surface area contributed by atoms with E-state index >= 15 is 0 Å². The number of nitrogens with one attached hydrogen (secondary N) is 2. The van der Waals surface area contributed by atoms with E-state index in [-0.39, 0.29) is 23.9 Å². The maximum atomic E-state index is 12.9. The van der Waals surface area contributed by atoms with Crippen molar-refractivity contribution in [3.8, 4) is 6.07 Å². The Morgan fingerprint density at radius 3 is 2.55 bits per heavy atom. The van der Waals surface area contributed by atoms with E-state index in [1.165, 1.54) is 24.1 Å². The highest BCUT2D eigenvalue weighted by atomic mass is 16.2. The van der Waals surface area contributed by atoms with Crippen molar-refractivity contribution in [2.75, 3.05) is 34.8 Å². The Hall–Kier alpha value is -3.04. The van der Waals surface area contributed by atoms with Crippen LogP contribution in [0.4, 0.5) is 17.1 Å². The molecule has 1 amide bonds. The normalized spacial score (nSPS) is 27.0. The van der Waals surface area contributed by atoms with Crippen LogP contribution < -0.4 is 20.4 Å². The molecule has 1 aliphatic carbocycles. The molecule has 2 heterocycles. The van der Waals surface area contributed by atoms with E-state index in [4.69, 9.17) is 5.26 Å². The van der Waals surface area contributed by atoms with Crippen molar-refractivity contribution in [3.05, 3.63) is 53.6 Å². The van der Waals surface area contributed by atoms with Gasteiger partial charge in [-0.3, -0.25) is 4.79 Å². The first-order valence-electron chi connectivity index (χ1n) is 12.1. The summed E-state index contributed by atoms with van der Waals surface area (Å²) in [5, 5.41) is 16.5. The molecule has 4 atom stereocenters. The number of rotatable bonds is 4. The molecule has 2 fully saturated rings. The summed E-state index contributed by atoms with van der Waals surface area (Å²) < 4.78 is 0. The zero-order chi connectivity index (χ0) is 23.1. The second-order valence-electron chi connectivity index (χ2n) is 9.93. The summed E-state index contributed by atoms with van der Waals surface area (Å²) in [7, 11) is 0. The molecule has 6 nitrogen and oxygen atoms in total. The number of amides is 1. The number of anilines is 3. The molecule has 0 spiro atoms. The third-order valence-electron chi connectivity index (χ3n) is 7.48. The highest BCUT2D eigenvalue weighted by molar-refractivity contribution is 5.94. The zero-order valence-electron chi connectivity index (χ0n) is 19.7. The van der Waals surface area contributed by atoms with Gasteiger partial charge in [0, 0.05) is 67.2 Å². The van der Waals surface area contributed by atoms with Crippen molar-refractivity contribution in [1.29, 1.82) is 5.26 Å². The Balaban J connectivity index is 1.56. The van der Waals surface area contributed by atoms with Gasteiger partial charge in [-0.15, -0.1) is 0 Å². The average Bonchev–Trinajstić information content (AvgIpc) is 3.65. The topological polar surface area (TPSA) is 71.4 Å². The van der Waals surface area contributed by atoms with Gasteiger partial charge in [-0.2, -0.15) is 5.26 Å². The monoisotopic (exact) mass is 443 g/mol. The van der Waals surface area contributed by atoms with Crippen LogP contribution in [0.25, 0.3) is 0 Å². The number of piperazine rings is 1. The molecular formula is C27H33N5O. The standard InChI is InChI=1S/C27H33N5O/c1-17-16-31(13-12-29-17)23-10-11-25-24(14-23)26(30-22-8-4-20(15-28)5-9-22)18(2)27(21-6-7-21)32(25)19(3)33/h4-5,8-11,14,17-18,21,26-27,29-30H,6-7,12-13,16H2,1-3H3/t17-,18-,26-,27-/m1/s1. The Bertz CT molecular complexity index is 1070. The molecule has 1 saturated heterocycles. The van der Waals surface area contributed by atoms with E-state index in [1.807, 2.05) is 24.3 Å². The summed E-state index contributed by atoms with van der Waals surface area (Å²) >= 11 is 0. The van der Waals surface area contributed by atoms with Crippen LogP contribution in [0, 0.1) is 23.2 Å². The van der Waals surface area contributed by atoms with Crippen LogP contribution in [0.15, 0.2) is 42.5 Å². The predicted octanol–water partition coefficient (Wildman–Crippen LogP) is 4.29. The Morgan fingerprint density at radius 1 is 1.15 bits per heavy atom. The first-order chi connectivity index (χ1) is 16.0. The smallest absolute Gasteiger partial charge is 0.224 e. The number of benzene rings is 2. The minimum atomic E-state index is 0.0921. The number of carbonyl (C=O) groups excluding carboxylic acids is 1. The minimum Gasteiger partial charge on any atom is -0.378 e. The number of carbonyl (C=O) groups is 1. The lowest BCUT2D eigenvalue weighted by Gasteiger charge is -2.46. The maximum Gasteiger partial charge on any atom is 0.224 e. The third-order valence-corrected chi connectivity index (χ3v) is 7.48. The summed E-state index contributed by atoms with van der Waals surface area (Å²) in [5.74, 6) is 0.957. The van der Waals surface area contributed by atoms with Gasteiger partial charge >= 0.3 is 0 Å². The zero-order valence-corrected chi connectivity index (χ0v) is 19.7. The summed E-state index contributed by atoms with van der Waals surface area (Å²) in [5.41, 5.74) is 5.10. The van der Waals surface area contributed by atoms with Crippen LogP contribution in [0.1, 0.15) is 50.8 Å². The van der Waals surface area contributed by atoms with Gasteiger partial charge in [-0.1, -0.05) is 6.92 Å².